The van der Waals surface area contributed by atoms with Gasteiger partial charge in [0.05, 0.1) is 25.3 Å². The van der Waals surface area contributed by atoms with E-state index in [4.69, 9.17) is 4.98 Å². The molecule has 4 saturated heterocycles. The number of benzene rings is 2. The van der Waals surface area contributed by atoms with Gasteiger partial charge in [0.25, 0.3) is 0 Å². The van der Waals surface area contributed by atoms with Crippen molar-refractivity contribution in [1.82, 2.24) is 34.6 Å². The number of phenolic OH excluding ortho intramolecular Hbond substituents is 1. The monoisotopic (exact) mass is 738 g/mol. The van der Waals surface area contributed by atoms with Crippen LogP contribution in [0.1, 0.15) is 37.1 Å². The number of aromatic hydroxyl groups is 1. The SMILES string of the molecule is C=CCN1CC(=O)N2C(CN(Cc3cccc(N4CC(N5CCN(C(C)C)CC5)C4)n3)C(=O)[C@@H]2Cc2ccc(O)cc2F)N1C(=O)CCc1ccccc1. The summed E-state index contributed by atoms with van der Waals surface area (Å²) < 4.78 is 15.2. The Hall–Kier alpha value is -4.85. The van der Waals surface area contributed by atoms with Crippen molar-refractivity contribution < 1.29 is 23.9 Å². The summed E-state index contributed by atoms with van der Waals surface area (Å²) >= 11 is 0. The molecule has 0 bridgehead atoms. The number of carbonyl (C=O) groups is 3. The average molecular weight is 739 g/mol. The van der Waals surface area contributed by atoms with Gasteiger partial charge in [-0.1, -0.05) is 48.5 Å². The highest BCUT2D eigenvalue weighted by Crippen LogP contribution is 2.31. The molecule has 13 heteroatoms. The zero-order chi connectivity index (χ0) is 37.9. The minimum Gasteiger partial charge on any atom is -0.508 e. The molecule has 4 aliphatic heterocycles. The molecule has 0 saturated carbocycles. The summed E-state index contributed by atoms with van der Waals surface area (Å²) in [6, 6.07) is 19.3. The molecule has 286 valence electrons. The number of hydrazine groups is 1. The van der Waals surface area contributed by atoms with Gasteiger partial charge in [0.15, 0.2) is 0 Å². The maximum absolute atomic E-state index is 15.2. The van der Waals surface area contributed by atoms with E-state index in [1.807, 2.05) is 48.5 Å². The Morgan fingerprint density at radius 3 is 2.46 bits per heavy atom. The first kappa shape index (κ1) is 37.5. The molecule has 7 rings (SSSR count). The van der Waals surface area contributed by atoms with Crippen LogP contribution in [0.25, 0.3) is 0 Å². The third kappa shape index (κ3) is 7.98. The van der Waals surface area contributed by atoms with Gasteiger partial charge in [-0.25, -0.2) is 19.4 Å². The number of halogens is 1. The predicted molar refractivity (Wildman–Crippen MR) is 204 cm³/mol. The maximum Gasteiger partial charge on any atom is 0.246 e. The molecular weight excluding hydrogens is 688 g/mol. The summed E-state index contributed by atoms with van der Waals surface area (Å²) in [6.45, 7) is 14.8. The molecule has 0 spiro atoms. The molecule has 54 heavy (non-hydrogen) atoms. The number of aryl methyl sites for hydroxylation is 1. The summed E-state index contributed by atoms with van der Waals surface area (Å²) in [4.78, 5) is 58.0. The third-order valence-corrected chi connectivity index (χ3v) is 11.3. The molecule has 3 amide bonds. The lowest BCUT2D eigenvalue weighted by atomic mass is 9.97. The molecule has 1 N–H and O–H groups in total. The van der Waals surface area contributed by atoms with Crippen LogP contribution in [-0.4, -0.2) is 141 Å². The molecule has 0 radical (unpaired) electrons. The van der Waals surface area contributed by atoms with Crippen LogP contribution in [0.2, 0.25) is 0 Å². The number of aromatic nitrogens is 1. The molecule has 2 aromatic carbocycles. The van der Waals surface area contributed by atoms with Crippen LogP contribution < -0.4 is 4.90 Å². The molecule has 4 aliphatic rings. The first-order valence-electron chi connectivity index (χ1n) is 19.1. The molecule has 2 atom stereocenters. The van der Waals surface area contributed by atoms with Crippen molar-refractivity contribution in [2.75, 3.05) is 63.8 Å². The predicted octanol–water partition coefficient (Wildman–Crippen LogP) is 3.13. The number of phenols is 1. The Labute approximate surface area is 317 Å². The Morgan fingerprint density at radius 2 is 1.76 bits per heavy atom. The number of pyridine rings is 1. The molecule has 5 heterocycles. The standard InChI is InChI=1S/C41H51FN8O4/c1-4-17-48-28-40(53)49-36(22-31-14-15-34(51)23-35(31)42)41(54)47(27-38(49)50(48)39(52)16-13-30-9-6-5-7-10-30)24-32-11-8-12-37(43-32)46-25-33(26-46)45-20-18-44(19-21-45)29(2)3/h4-12,14-15,23,29,33,36,38,51H,1,13,16-22,24-28H2,2-3H3/t36-,38?/m0/s1. The lowest BCUT2D eigenvalue weighted by Gasteiger charge is -2.55. The second-order valence-corrected chi connectivity index (χ2v) is 15.1. The first-order valence-corrected chi connectivity index (χ1v) is 19.1. The van der Waals surface area contributed by atoms with E-state index in [0.717, 1.165) is 56.7 Å². The van der Waals surface area contributed by atoms with Gasteiger partial charge in [-0.2, -0.15) is 0 Å². The fourth-order valence-electron chi connectivity index (χ4n) is 8.24. The topological polar surface area (TPSA) is 107 Å². The van der Waals surface area contributed by atoms with E-state index in [1.54, 1.807) is 21.0 Å². The van der Waals surface area contributed by atoms with Crippen LogP contribution in [0.5, 0.6) is 5.75 Å². The normalized spacial score (nSPS) is 21.8. The summed E-state index contributed by atoms with van der Waals surface area (Å²) in [6.07, 6.45) is 1.40. The van der Waals surface area contributed by atoms with Crippen molar-refractivity contribution >= 4 is 23.5 Å². The molecule has 3 aromatic rings. The van der Waals surface area contributed by atoms with E-state index in [1.165, 1.54) is 17.0 Å². The van der Waals surface area contributed by atoms with Gasteiger partial charge in [-0.3, -0.25) is 24.2 Å². The zero-order valence-corrected chi connectivity index (χ0v) is 31.3. The van der Waals surface area contributed by atoms with Gasteiger partial charge < -0.3 is 19.8 Å². The third-order valence-electron chi connectivity index (χ3n) is 11.3. The van der Waals surface area contributed by atoms with Gasteiger partial charge >= 0.3 is 0 Å². The van der Waals surface area contributed by atoms with Gasteiger partial charge in [-0.15, -0.1) is 6.58 Å². The van der Waals surface area contributed by atoms with Gasteiger partial charge in [0.2, 0.25) is 17.7 Å². The molecule has 0 aliphatic carbocycles. The number of hydrogen-bond acceptors (Lipinski definition) is 9. The maximum atomic E-state index is 15.2. The lowest BCUT2D eigenvalue weighted by molar-refractivity contribution is -0.205. The minimum absolute atomic E-state index is 0.0594. The quantitative estimate of drug-likeness (QED) is 0.281. The first-order chi connectivity index (χ1) is 26.1. The van der Waals surface area contributed by atoms with Crippen LogP contribution in [0, 0.1) is 5.82 Å². The van der Waals surface area contributed by atoms with E-state index >= 15 is 4.39 Å². The number of piperazine rings is 2. The van der Waals surface area contributed by atoms with Crippen LogP contribution in [-0.2, 0) is 33.8 Å². The van der Waals surface area contributed by atoms with Crippen LogP contribution >= 0.6 is 0 Å². The molecular formula is C41H51FN8O4. The van der Waals surface area contributed by atoms with E-state index in [0.29, 0.717) is 24.2 Å². The van der Waals surface area contributed by atoms with Crippen LogP contribution in [0.15, 0.2) is 79.4 Å². The highest BCUT2D eigenvalue weighted by Gasteiger charge is 2.51. The smallest absolute Gasteiger partial charge is 0.246 e. The lowest BCUT2D eigenvalue weighted by Crippen LogP contribution is -2.76. The van der Waals surface area contributed by atoms with Crippen LogP contribution in [0.3, 0.4) is 0 Å². The summed E-state index contributed by atoms with van der Waals surface area (Å²) in [5, 5.41) is 13.2. The van der Waals surface area contributed by atoms with Crippen molar-refractivity contribution in [3.8, 4) is 5.75 Å². The highest BCUT2D eigenvalue weighted by molar-refractivity contribution is 5.92. The second kappa shape index (κ2) is 16.3. The van der Waals surface area contributed by atoms with Gasteiger partial charge in [0.1, 0.15) is 29.6 Å². The number of amides is 3. The molecule has 1 unspecified atom stereocenters. The summed E-state index contributed by atoms with van der Waals surface area (Å²) in [5.41, 5.74) is 1.89. The van der Waals surface area contributed by atoms with E-state index in [9.17, 15) is 19.5 Å². The number of anilines is 1. The number of rotatable bonds is 12. The van der Waals surface area contributed by atoms with Crippen molar-refractivity contribution in [1.29, 1.82) is 0 Å². The van der Waals surface area contributed by atoms with Gasteiger partial charge in [-0.05, 0) is 49.6 Å². The average Bonchev–Trinajstić information content (AvgIpc) is 3.13. The summed E-state index contributed by atoms with van der Waals surface area (Å²) in [5.74, 6) is -0.926. The highest BCUT2D eigenvalue weighted by atomic mass is 19.1. The van der Waals surface area contributed by atoms with Crippen molar-refractivity contribution in [3.05, 3.63) is 102 Å². The van der Waals surface area contributed by atoms with Crippen molar-refractivity contribution in [2.24, 2.45) is 0 Å². The van der Waals surface area contributed by atoms with E-state index in [2.05, 4.69) is 35.1 Å². The fourth-order valence-corrected chi connectivity index (χ4v) is 8.24. The molecule has 12 nitrogen and oxygen atoms in total. The Balaban J connectivity index is 1.13. The Morgan fingerprint density at radius 1 is 1.00 bits per heavy atom. The van der Waals surface area contributed by atoms with Gasteiger partial charge in [0, 0.05) is 76.8 Å². The Bertz CT molecular complexity index is 1830. The molecule has 1 aromatic heterocycles. The Kier molecular flexibility index (Phi) is 11.3. The largest absolute Gasteiger partial charge is 0.508 e. The minimum atomic E-state index is -1.08. The number of carbonyl (C=O) groups excluding carboxylic acids is 3. The zero-order valence-electron chi connectivity index (χ0n) is 31.3. The number of hydrogen-bond donors (Lipinski definition) is 1. The molecule has 4 fully saturated rings. The van der Waals surface area contributed by atoms with Crippen molar-refractivity contribution in [3.63, 3.8) is 0 Å². The fraction of sp³-hybridized carbons (Fsp3) is 0.463. The number of nitrogens with zero attached hydrogens (tertiary/aromatic N) is 8. The van der Waals surface area contributed by atoms with Crippen LogP contribution in [0.4, 0.5) is 10.2 Å². The van der Waals surface area contributed by atoms with E-state index in [-0.39, 0.29) is 68.1 Å². The second-order valence-electron chi connectivity index (χ2n) is 15.1. The van der Waals surface area contributed by atoms with Crippen molar-refractivity contribution in [2.45, 2.75) is 63.9 Å². The van der Waals surface area contributed by atoms with E-state index < -0.39 is 18.0 Å². The number of fused-ring (bicyclic) bond motifs is 1. The summed E-state index contributed by atoms with van der Waals surface area (Å²) in [7, 11) is 0.